The van der Waals surface area contributed by atoms with E-state index >= 15 is 0 Å². The molecule has 2 N–H and O–H groups in total. The highest BCUT2D eigenvalue weighted by Crippen LogP contribution is 2.45. The topological polar surface area (TPSA) is 76.7 Å². The van der Waals surface area contributed by atoms with Crippen molar-refractivity contribution < 1.29 is 19.1 Å². The summed E-state index contributed by atoms with van der Waals surface area (Å²) in [5.74, 6) is 0.00423. The van der Waals surface area contributed by atoms with Crippen molar-refractivity contribution in [1.82, 2.24) is 10.6 Å². The third-order valence-corrected chi connectivity index (χ3v) is 4.63. The molecule has 0 aromatic heterocycles. The minimum atomic E-state index is -0.466. The molecule has 120 valence electrons. The molecule has 2 aliphatic rings. The smallest absolute Gasteiger partial charge is 0.407 e. The average molecular weight is 298 g/mol. The minimum absolute atomic E-state index is 0.00423. The van der Waals surface area contributed by atoms with Crippen LogP contribution < -0.4 is 10.6 Å². The number of ether oxygens (including phenoxy) is 2. The fourth-order valence-electron chi connectivity index (χ4n) is 3.47. The van der Waals surface area contributed by atoms with E-state index < -0.39 is 6.09 Å². The average Bonchev–Trinajstić information content (AvgIpc) is 2.82. The Morgan fingerprint density at radius 3 is 2.76 bits per heavy atom. The van der Waals surface area contributed by atoms with Crippen LogP contribution in [0.4, 0.5) is 4.79 Å². The second-order valence-electron chi connectivity index (χ2n) is 5.88. The first-order chi connectivity index (χ1) is 10.2. The maximum Gasteiger partial charge on any atom is 0.407 e. The van der Waals surface area contributed by atoms with E-state index in [4.69, 9.17) is 9.47 Å². The summed E-state index contributed by atoms with van der Waals surface area (Å²) in [6.45, 7) is 4.01. The normalized spacial score (nSPS) is 23.8. The van der Waals surface area contributed by atoms with Crippen LogP contribution in [-0.2, 0) is 14.3 Å². The molecule has 1 heterocycles. The van der Waals surface area contributed by atoms with Crippen molar-refractivity contribution in [2.75, 3.05) is 26.4 Å². The Kier molecular flexibility index (Phi) is 5.85. The Morgan fingerprint density at radius 1 is 1.29 bits per heavy atom. The summed E-state index contributed by atoms with van der Waals surface area (Å²) in [5, 5.41) is 5.73. The maximum absolute atomic E-state index is 12.0. The van der Waals surface area contributed by atoms with Crippen LogP contribution in [0.5, 0.6) is 0 Å². The lowest BCUT2D eigenvalue weighted by Crippen LogP contribution is -2.47. The molecule has 1 aliphatic heterocycles. The first-order valence-electron chi connectivity index (χ1n) is 7.94. The van der Waals surface area contributed by atoms with E-state index in [0.717, 1.165) is 32.5 Å². The number of nitrogens with one attached hydrogen (secondary N) is 2. The van der Waals surface area contributed by atoms with Gasteiger partial charge in [0.05, 0.1) is 6.61 Å². The molecule has 0 aromatic carbocycles. The van der Waals surface area contributed by atoms with Crippen LogP contribution in [0.2, 0.25) is 0 Å². The lowest BCUT2D eigenvalue weighted by Gasteiger charge is -2.39. The molecule has 2 fully saturated rings. The standard InChI is InChI=1S/C15H26N2O4/c1-2-21-14(19)16-9-5-13(18)17-12-4-3-6-15(12)7-10-20-11-8-15/h12H,2-11H2,1H3,(H,16,19)(H,17,18)/t12-/m0/s1. The Morgan fingerprint density at radius 2 is 2.05 bits per heavy atom. The number of rotatable bonds is 5. The van der Waals surface area contributed by atoms with Crippen molar-refractivity contribution in [2.24, 2.45) is 5.41 Å². The van der Waals surface area contributed by atoms with Crippen molar-refractivity contribution in [3.8, 4) is 0 Å². The van der Waals surface area contributed by atoms with Crippen LogP contribution in [0.1, 0.15) is 45.4 Å². The molecule has 0 aromatic rings. The molecule has 1 aliphatic carbocycles. The molecular formula is C15H26N2O4. The Bertz CT molecular complexity index is 367. The summed E-state index contributed by atoms with van der Waals surface area (Å²) in [6.07, 6.45) is 5.32. The summed E-state index contributed by atoms with van der Waals surface area (Å²) >= 11 is 0. The van der Waals surface area contributed by atoms with Crippen molar-refractivity contribution in [1.29, 1.82) is 0 Å². The Hall–Kier alpha value is -1.30. The minimum Gasteiger partial charge on any atom is -0.450 e. The number of hydrogen-bond donors (Lipinski definition) is 2. The van der Waals surface area contributed by atoms with Crippen LogP contribution in [0.3, 0.4) is 0 Å². The van der Waals surface area contributed by atoms with Gasteiger partial charge in [-0.15, -0.1) is 0 Å². The van der Waals surface area contributed by atoms with E-state index in [1.54, 1.807) is 6.92 Å². The highest BCUT2D eigenvalue weighted by atomic mass is 16.5. The van der Waals surface area contributed by atoms with Crippen molar-refractivity contribution in [3.63, 3.8) is 0 Å². The summed E-state index contributed by atoms with van der Waals surface area (Å²) in [7, 11) is 0. The third kappa shape index (κ3) is 4.33. The van der Waals surface area contributed by atoms with Crippen molar-refractivity contribution in [3.05, 3.63) is 0 Å². The molecule has 1 atom stereocenters. The van der Waals surface area contributed by atoms with Gasteiger partial charge in [0, 0.05) is 32.2 Å². The first-order valence-corrected chi connectivity index (χ1v) is 7.94. The van der Waals surface area contributed by atoms with Crippen LogP contribution in [-0.4, -0.2) is 44.4 Å². The second kappa shape index (κ2) is 7.64. The molecule has 21 heavy (non-hydrogen) atoms. The van der Waals surface area contributed by atoms with Crippen LogP contribution in [0.25, 0.3) is 0 Å². The van der Waals surface area contributed by atoms with E-state index in [9.17, 15) is 9.59 Å². The zero-order valence-corrected chi connectivity index (χ0v) is 12.8. The summed E-state index contributed by atoms with van der Waals surface area (Å²) < 4.78 is 10.2. The molecule has 2 rings (SSSR count). The van der Waals surface area contributed by atoms with Crippen molar-refractivity contribution in [2.45, 2.75) is 51.5 Å². The van der Waals surface area contributed by atoms with Gasteiger partial charge in [-0.25, -0.2) is 4.79 Å². The number of carbonyl (C=O) groups is 2. The predicted octanol–water partition coefficient (Wildman–Crippen LogP) is 1.59. The second-order valence-corrected chi connectivity index (χ2v) is 5.88. The van der Waals surface area contributed by atoms with Gasteiger partial charge >= 0.3 is 6.09 Å². The fourth-order valence-corrected chi connectivity index (χ4v) is 3.47. The van der Waals surface area contributed by atoms with Gasteiger partial charge in [0.2, 0.25) is 5.91 Å². The van der Waals surface area contributed by atoms with Crippen LogP contribution in [0.15, 0.2) is 0 Å². The zero-order valence-electron chi connectivity index (χ0n) is 12.8. The van der Waals surface area contributed by atoms with E-state index in [1.807, 2.05) is 0 Å². The third-order valence-electron chi connectivity index (χ3n) is 4.63. The Balaban J connectivity index is 1.73. The maximum atomic E-state index is 12.0. The lowest BCUT2D eigenvalue weighted by atomic mass is 9.75. The van der Waals surface area contributed by atoms with Gasteiger partial charge in [0.15, 0.2) is 0 Å². The molecule has 1 spiro atoms. The summed E-state index contributed by atoms with van der Waals surface area (Å²) in [5.41, 5.74) is 0.239. The van der Waals surface area contributed by atoms with E-state index in [-0.39, 0.29) is 17.4 Å². The molecule has 1 saturated heterocycles. The lowest BCUT2D eigenvalue weighted by molar-refractivity contribution is -0.123. The van der Waals surface area contributed by atoms with E-state index in [2.05, 4.69) is 10.6 Å². The van der Waals surface area contributed by atoms with Crippen LogP contribution >= 0.6 is 0 Å². The molecule has 0 unspecified atom stereocenters. The number of amides is 2. The molecule has 2 amide bonds. The largest absolute Gasteiger partial charge is 0.450 e. The summed E-state index contributed by atoms with van der Waals surface area (Å²) in [4.78, 5) is 23.2. The molecule has 6 nitrogen and oxygen atoms in total. The van der Waals surface area contributed by atoms with Crippen molar-refractivity contribution >= 4 is 12.0 Å². The van der Waals surface area contributed by atoms with Gasteiger partial charge in [-0.1, -0.05) is 6.42 Å². The van der Waals surface area contributed by atoms with Crippen LogP contribution in [0, 0.1) is 5.41 Å². The molecular weight excluding hydrogens is 272 g/mol. The molecule has 1 saturated carbocycles. The highest BCUT2D eigenvalue weighted by molar-refractivity contribution is 5.77. The zero-order chi connectivity index (χ0) is 15.1. The number of carbonyl (C=O) groups excluding carboxylic acids is 2. The molecule has 0 bridgehead atoms. The Labute approximate surface area is 125 Å². The van der Waals surface area contributed by atoms with Gasteiger partial charge in [0.25, 0.3) is 0 Å². The van der Waals surface area contributed by atoms with Gasteiger partial charge in [-0.05, 0) is 38.0 Å². The van der Waals surface area contributed by atoms with Gasteiger partial charge in [-0.3, -0.25) is 4.79 Å². The quantitative estimate of drug-likeness (QED) is 0.808. The van der Waals surface area contributed by atoms with Gasteiger partial charge in [0.1, 0.15) is 0 Å². The number of hydrogen-bond acceptors (Lipinski definition) is 4. The van der Waals surface area contributed by atoms with Gasteiger partial charge in [-0.2, -0.15) is 0 Å². The fraction of sp³-hybridized carbons (Fsp3) is 0.867. The van der Waals surface area contributed by atoms with E-state index in [0.29, 0.717) is 19.6 Å². The monoisotopic (exact) mass is 298 g/mol. The highest BCUT2D eigenvalue weighted by Gasteiger charge is 2.44. The number of alkyl carbamates (subject to hydrolysis) is 1. The first kappa shape index (κ1) is 16.1. The molecule has 6 heteroatoms. The summed E-state index contributed by atoms with van der Waals surface area (Å²) in [6, 6.07) is 0.261. The SMILES string of the molecule is CCOC(=O)NCCC(=O)N[C@H]1CCCC12CCOCC2. The molecule has 0 radical (unpaired) electrons. The predicted molar refractivity (Wildman–Crippen MR) is 77.9 cm³/mol. The van der Waals surface area contributed by atoms with Gasteiger partial charge < -0.3 is 20.1 Å². The van der Waals surface area contributed by atoms with E-state index in [1.165, 1.54) is 12.8 Å².